The monoisotopic (exact) mass is 496 g/mol. The molecular weight excluding hydrogens is 472 g/mol. The fourth-order valence-corrected chi connectivity index (χ4v) is 6.96. The first-order valence-corrected chi connectivity index (χ1v) is 13.8. The van der Waals surface area contributed by atoms with Crippen molar-refractivity contribution in [3.8, 4) is 0 Å². The Morgan fingerprint density at radius 3 is 2.59 bits per heavy atom. The van der Waals surface area contributed by atoms with Crippen LogP contribution in [0, 0.1) is 0 Å². The molecular formula is C24H24N4O4S2. The van der Waals surface area contributed by atoms with Crippen LogP contribution in [0.15, 0.2) is 59.7 Å². The molecule has 8 nitrogen and oxygen atoms in total. The Hall–Kier alpha value is -3.11. The number of aromatic nitrogens is 1. The number of sulfone groups is 1. The summed E-state index contributed by atoms with van der Waals surface area (Å²) < 4.78 is 24.9. The van der Waals surface area contributed by atoms with Gasteiger partial charge in [-0.25, -0.2) is 18.4 Å². The lowest BCUT2D eigenvalue weighted by Crippen LogP contribution is -2.45. The lowest BCUT2D eigenvalue weighted by atomic mass is 10.1. The first-order chi connectivity index (χ1) is 16.4. The highest BCUT2D eigenvalue weighted by atomic mass is 32.2. The van der Waals surface area contributed by atoms with E-state index in [1.807, 2.05) is 54.6 Å². The Balaban J connectivity index is 1.45. The molecule has 10 heteroatoms. The molecule has 3 heterocycles. The number of carbonyl (C=O) groups excluding carboxylic acids is 2. The predicted octanol–water partition coefficient (Wildman–Crippen LogP) is 3.04. The number of fused-ring (bicyclic) bond motifs is 1. The van der Waals surface area contributed by atoms with Crippen molar-refractivity contribution in [3.05, 3.63) is 60.2 Å². The second-order valence-corrected chi connectivity index (χ2v) is 11.7. The number of hydrazone groups is 1. The van der Waals surface area contributed by atoms with Gasteiger partial charge in [-0.2, -0.15) is 5.10 Å². The molecule has 34 heavy (non-hydrogen) atoms. The molecule has 2 aromatic carbocycles. The maximum absolute atomic E-state index is 13.7. The summed E-state index contributed by atoms with van der Waals surface area (Å²) >= 11 is 1.44. The van der Waals surface area contributed by atoms with E-state index >= 15 is 0 Å². The standard InChI is InChI=1S/C24H24N4O4S2/c29-22-11-10-20(26-28(22)18-13-15-34(31,32)16-18)23(30)27(14-12-17-6-2-1-3-7-17)24-25-19-8-4-5-9-21(19)33-24/h1-9,18H,10-16H2. The summed E-state index contributed by atoms with van der Waals surface area (Å²) in [5, 5.41) is 6.20. The van der Waals surface area contributed by atoms with Gasteiger partial charge in [0.1, 0.15) is 5.71 Å². The third-order valence-corrected chi connectivity index (χ3v) is 8.90. The van der Waals surface area contributed by atoms with E-state index in [-0.39, 0.29) is 41.9 Å². The zero-order valence-electron chi connectivity index (χ0n) is 18.5. The van der Waals surface area contributed by atoms with Crippen molar-refractivity contribution < 1.29 is 18.0 Å². The molecule has 0 bridgehead atoms. The number of nitrogens with zero attached hydrogens (tertiary/aromatic N) is 4. The van der Waals surface area contributed by atoms with Gasteiger partial charge in [0.15, 0.2) is 15.0 Å². The quantitative estimate of drug-likeness (QED) is 0.522. The minimum absolute atomic E-state index is 0.0369. The van der Waals surface area contributed by atoms with E-state index < -0.39 is 15.9 Å². The van der Waals surface area contributed by atoms with Crippen molar-refractivity contribution >= 4 is 54.0 Å². The number of para-hydroxylation sites is 1. The third-order valence-electron chi connectivity index (χ3n) is 6.09. The molecule has 1 atom stereocenters. The molecule has 0 radical (unpaired) electrons. The van der Waals surface area contributed by atoms with Gasteiger partial charge >= 0.3 is 0 Å². The normalized spacial score (nSPS) is 19.9. The van der Waals surface area contributed by atoms with Crippen molar-refractivity contribution in [3.63, 3.8) is 0 Å². The molecule has 3 aromatic rings. The van der Waals surface area contributed by atoms with Gasteiger partial charge in [0.25, 0.3) is 5.91 Å². The van der Waals surface area contributed by atoms with Gasteiger partial charge in [-0.05, 0) is 30.5 Å². The number of thiazole rings is 1. The Labute approximate surface area is 201 Å². The van der Waals surface area contributed by atoms with E-state index in [1.165, 1.54) is 16.3 Å². The molecule has 5 rings (SSSR count). The molecule has 1 fully saturated rings. The molecule has 0 saturated carbocycles. The maximum atomic E-state index is 13.7. The van der Waals surface area contributed by atoms with E-state index in [2.05, 4.69) is 10.1 Å². The molecule has 176 valence electrons. The zero-order chi connectivity index (χ0) is 23.7. The molecule has 1 saturated heterocycles. The first-order valence-electron chi connectivity index (χ1n) is 11.2. The van der Waals surface area contributed by atoms with E-state index in [0.717, 1.165) is 15.8 Å². The number of benzene rings is 2. The van der Waals surface area contributed by atoms with Crippen LogP contribution >= 0.6 is 11.3 Å². The highest BCUT2D eigenvalue weighted by Crippen LogP contribution is 2.30. The molecule has 1 unspecified atom stereocenters. The van der Waals surface area contributed by atoms with Crippen molar-refractivity contribution in [1.82, 2.24) is 9.99 Å². The van der Waals surface area contributed by atoms with E-state index in [0.29, 0.717) is 24.5 Å². The van der Waals surface area contributed by atoms with Crippen LogP contribution in [0.4, 0.5) is 5.13 Å². The highest BCUT2D eigenvalue weighted by Gasteiger charge is 2.38. The van der Waals surface area contributed by atoms with Crippen molar-refractivity contribution in [1.29, 1.82) is 0 Å². The molecule has 0 spiro atoms. The van der Waals surface area contributed by atoms with Gasteiger partial charge in [-0.3, -0.25) is 14.5 Å². The first kappa shape index (κ1) is 22.7. The van der Waals surface area contributed by atoms with Crippen LogP contribution in [-0.4, -0.2) is 60.0 Å². The predicted molar refractivity (Wildman–Crippen MR) is 133 cm³/mol. The van der Waals surface area contributed by atoms with Crippen LogP contribution in [0.2, 0.25) is 0 Å². The molecule has 2 amide bonds. The smallest absolute Gasteiger partial charge is 0.276 e. The van der Waals surface area contributed by atoms with Crippen LogP contribution in [-0.2, 0) is 25.8 Å². The van der Waals surface area contributed by atoms with Crippen LogP contribution in [0.3, 0.4) is 0 Å². The van der Waals surface area contributed by atoms with Crippen molar-refractivity contribution in [2.45, 2.75) is 31.7 Å². The lowest BCUT2D eigenvalue weighted by molar-refractivity contribution is -0.133. The van der Waals surface area contributed by atoms with Gasteiger partial charge in [0.2, 0.25) is 5.91 Å². The molecule has 1 aromatic heterocycles. The van der Waals surface area contributed by atoms with Gasteiger partial charge in [-0.15, -0.1) is 0 Å². The van der Waals surface area contributed by atoms with Crippen LogP contribution in [0.25, 0.3) is 10.2 Å². The number of amides is 2. The summed E-state index contributed by atoms with van der Waals surface area (Å²) in [7, 11) is -3.19. The second-order valence-electron chi connectivity index (χ2n) is 8.50. The van der Waals surface area contributed by atoms with E-state index in [1.54, 1.807) is 4.90 Å². The SMILES string of the molecule is O=C(C1=NN(C2CCS(=O)(=O)C2)C(=O)CC1)N(CCc1ccccc1)c1nc2ccccc2s1. The fraction of sp³-hybridized carbons (Fsp3) is 0.333. The summed E-state index contributed by atoms with van der Waals surface area (Å²) in [6, 6.07) is 17.1. The lowest BCUT2D eigenvalue weighted by Gasteiger charge is -2.29. The van der Waals surface area contributed by atoms with Crippen LogP contribution in [0.5, 0.6) is 0 Å². The van der Waals surface area contributed by atoms with E-state index in [4.69, 9.17) is 0 Å². The summed E-state index contributed by atoms with van der Waals surface area (Å²) in [6.45, 7) is 0.410. The minimum Gasteiger partial charge on any atom is -0.283 e. The molecule has 0 aliphatic carbocycles. The average Bonchev–Trinajstić information content (AvgIpc) is 3.42. The topological polar surface area (TPSA) is 100 Å². The Morgan fingerprint density at radius 1 is 1.09 bits per heavy atom. The number of hydrogen-bond acceptors (Lipinski definition) is 7. The Bertz CT molecular complexity index is 1330. The van der Waals surface area contributed by atoms with Gasteiger partial charge in [-0.1, -0.05) is 53.8 Å². The second kappa shape index (κ2) is 9.27. The summed E-state index contributed by atoms with van der Waals surface area (Å²) in [6.07, 6.45) is 1.34. The summed E-state index contributed by atoms with van der Waals surface area (Å²) in [4.78, 5) is 32.5. The number of anilines is 1. The number of hydrogen-bond donors (Lipinski definition) is 0. The number of carbonyl (C=O) groups is 2. The molecule has 2 aliphatic rings. The van der Waals surface area contributed by atoms with Crippen LogP contribution < -0.4 is 4.90 Å². The largest absolute Gasteiger partial charge is 0.283 e. The maximum Gasteiger partial charge on any atom is 0.276 e. The fourth-order valence-electron chi connectivity index (χ4n) is 4.28. The summed E-state index contributed by atoms with van der Waals surface area (Å²) in [5.74, 6) is -0.614. The molecule has 0 N–H and O–H groups in total. The van der Waals surface area contributed by atoms with Crippen molar-refractivity contribution in [2.24, 2.45) is 5.10 Å². The number of rotatable bonds is 6. The van der Waals surface area contributed by atoms with Crippen LogP contribution in [0.1, 0.15) is 24.8 Å². The van der Waals surface area contributed by atoms with E-state index in [9.17, 15) is 18.0 Å². The van der Waals surface area contributed by atoms with Gasteiger partial charge in [0, 0.05) is 19.4 Å². The van der Waals surface area contributed by atoms with Gasteiger partial charge in [0.05, 0.1) is 27.8 Å². The highest BCUT2D eigenvalue weighted by molar-refractivity contribution is 7.91. The average molecular weight is 497 g/mol. The zero-order valence-corrected chi connectivity index (χ0v) is 20.1. The summed E-state index contributed by atoms with van der Waals surface area (Å²) in [5.41, 5.74) is 2.18. The Morgan fingerprint density at radius 2 is 1.85 bits per heavy atom. The molecule has 2 aliphatic heterocycles. The minimum atomic E-state index is -3.19. The third kappa shape index (κ3) is 4.74. The van der Waals surface area contributed by atoms with Crippen molar-refractivity contribution in [2.75, 3.05) is 23.0 Å². The van der Waals surface area contributed by atoms with Gasteiger partial charge < -0.3 is 0 Å². The Kier molecular flexibility index (Phi) is 6.18.